The Balaban J connectivity index is 1.84. The van der Waals surface area contributed by atoms with Gasteiger partial charge in [0.1, 0.15) is 12.4 Å². The fourth-order valence-electron chi connectivity index (χ4n) is 1.68. The number of halogens is 1. The highest BCUT2D eigenvalue weighted by Crippen LogP contribution is 2.24. The maximum atomic E-state index is 5.98. The normalized spacial score (nSPS) is 21.3. The molecule has 1 aromatic carbocycles. The highest BCUT2D eigenvalue weighted by Gasteiger charge is 2.14. The van der Waals surface area contributed by atoms with Crippen molar-refractivity contribution in [2.75, 3.05) is 13.2 Å². The fraction of sp³-hybridized carbons (Fsp3) is 0.500. The molecule has 0 amide bonds. The topological polar surface area (TPSA) is 18.5 Å². The predicted molar refractivity (Wildman–Crippen MR) is 60.5 cm³/mol. The molecule has 0 saturated carbocycles. The Morgan fingerprint density at radius 2 is 2.20 bits per heavy atom. The van der Waals surface area contributed by atoms with Crippen LogP contribution in [0.3, 0.4) is 0 Å². The Kier molecular flexibility index (Phi) is 3.87. The van der Waals surface area contributed by atoms with Gasteiger partial charge in [-0.3, -0.25) is 0 Å². The van der Waals surface area contributed by atoms with Crippen molar-refractivity contribution >= 4 is 11.6 Å². The zero-order valence-corrected chi connectivity index (χ0v) is 9.37. The standard InChI is InChI=1S/C12H15ClO2/c13-11-6-1-2-7-12(11)15-9-10-5-3-4-8-14-10/h1-2,6-7,10H,3-5,8-9H2. The SMILES string of the molecule is Clc1ccccc1OCC1CCCCO1. The van der Waals surface area contributed by atoms with Crippen molar-refractivity contribution in [3.05, 3.63) is 29.3 Å². The lowest BCUT2D eigenvalue weighted by atomic mass is 10.1. The summed E-state index contributed by atoms with van der Waals surface area (Å²) in [5.41, 5.74) is 0. The molecule has 82 valence electrons. The molecule has 3 heteroatoms. The molecular weight excluding hydrogens is 212 g/mol. The van der Waals surface area contributed by atoms with E-state index in [0.717, 1.165) is 18.8 Å². The van der Waals surface area contributed by atoms with Crippen LogP contribution in [0.4, 0.5) is 0 Å². The van der Waals surface area contributed by atoms with Crippen LogP contribution in [0.2, 0.25) is 5.02 Å². The van der Waals surface area contributed by atoms with Gasteiger partial charge in [0.15, 0.2) is 0 Å². The van der Waals surface area contributed by atoms with Gasteiger partial charge in [-0.15, -0.1) is 0 Å². The maximum absolute atomic E-state index is 5.98. The van der Waals surface area contributed by atoms with Crippen LogP contribution < -0.4 is 4.74 Å². The minimum Gasteiger partial charge on any atom is -0.489 e. The zero-order valence-electron chi connectivity index (χ0n) is 8.62. The van der Waals surface area contributed by atoms with Gasteiger partial charge in [0.2, 0.25) is 0 Å². The molecule has 0 bridgehead atoms. The lowest BCUT2D eigenvalue weighted by molar-refractivity contribution is -0.0110. The van der Waals surface area contributed by atoms with E-state index < -0.39 is 0 Å². The number of ether oxygens (including phenoxy) is 2. The number of benzene rings is 1. The third-order valence-electron chi connectivity index (χ3n) is 2.54. The van der Waals surface area contributed by atoms with Gasteiger partial charge in [-0.1, -0.05) is 23.7 Å². The molecule has 1 aliphatic heterocycles. The molecule has 0 aromatic heterocycles. The number of para-hydroxylation sites is 1. The van der Waals surface area contributed by atoms with Crippen molar-refractivity contribution in [3.8, 4) is 5.75 Å². The molecule has 1 aromatic rings. The van der Waals surface area contributed by atoms with Gasteiger partial charge in [-0.2, -0.15) is 0 Å². The van der Waals surface area contributed by atoms with Crippen molar-refractivity contribution in [2.45, 2.75) is 25.4 Å². The van der Waals surface area contributed by atoms with E-state index in [2.05, 4.69) is 0 Å². The van der Waals surface area contributed by atoms with Crippen molar-refractivity contribution in [2.24, 2.45) is 0 Å². The van der Waals surface area contributed by atoms with Crippen molar-refractivity contribution in [1.82, 2.24) is 0 Å². The van der Waals surface area contributed by atoms with E-state index in [1.807, 2.05) is 24.3 Å². The average molecular weight is 227 g/mol. The molecule has 15 heavy (non-hydrogen) atoms. The first-order valence-electron chi connectivity index (χ1n) is 5.35. The van der Waals surface area contributed by atoms with Gasteiger partial charge in [0, 0.05) is 6.61 Å². The molecule has 2 rings (SSSR count). The van der Waals surface area contributed by atoms with E-state index >= 15 is 0 Å². The van der Waals surface area contributed by atoms with E-state index in [0.29, 0.717) is 11.6 Å². The van der Waals surface area contributed by atoms with Crippen molar-refractivity contribution < 1.29 is 9.47 Å². The molecule has 1 saturated heterocycles. The number of hydrogen-bond acceptors (Lipinski definition) is 2. The van der Waals surface area contributed by atoms with Gasteiger partial charge in [0.25, 0.3) is 0 Å². The third kappa shape index (κ3) is 3.11. The summed E-state index contributed by atoms with van der Waals surface area (Å²) in [4.78, 5) is 0. The molecule has 0 aliphatic carbocycles. The Morgan fingerprint density at radius 1 is 1.33 bits per heavy atom. The van der Waals surface area contributed by atoms with Gasteiger partial charge < -0.3 is 9.47 Å². The minimum atomic E-state index is 0.232. The molecule has 2 nitrogen and oxygen atoms in total. The molecule has 1 heterocycles. The summed E-state index contributed by atoms with van der Waals surface area (Å²) in [6.45, 7) is 1.46. The molecule has 0 N–H and O–H groups in total. The number of hydrogen-bond donors (Lipinski definition) is 0. The highest BCUT2D eigenvalue weighted by atomic mass is 35.5. The smallest absolute Gasteiger partial charge is 0.138 e. The predicted octanol–water partition coefficient (Wildman–Crippen LogP) is 3.29. The van der Waals surface area contributed by atoms with Gasteiger partial charge >= 0.3 is 0 Å². The molecule has 0 radical (unpaired) electrons. The molecule has 0 spiro atoms. The average Bonchev–Trinajstić information content (AvgIpc) is 2.29. The quantitative estimate of drug-likeness (QED) is 0.788. The van der Waals surface area contributed by atoms with Crippen LogP contribution in [-0.2, 0) is 4.74 Å². The van der Waals surface area contributed by atoms with Crippen LogP contribution >= 0.6 is 11.6 Å². The third-order valence-corrected chi connectivity index (χ3v) is 2.85. The molecule has 1 atom stereocenters. The summed E-state index contributed by atoms with van der Waals surface area (Å²) in [6, 6.07) is 7.53. The van der Waals surface area contributed by atoms with Crippen LogP contribution in [0.5, 0.6) is 5.75 Å². The van der Waals surface area contributed by atoms with Crippen LogP contribution in [0.25, 0.3) is 0 Å². The second-order valence-electron chi connectivity index (χ2n) is 3.73. The van der Waals surface area contributed by atoms with Gasteiger partial charge in [0.05, 0.1) is 11.1 Å². The summed E-state index contributed by atoms with van der Waals surface area (Å²) in [5, 5.41) is 0.660. The first kappa shape index (κ1) is 10.8. The summed E-state index contributed by atoms with van der Waals surface area (Å²) in [7, 11) is 0. The van der Waals surface area contributed by atoms with Crippen LogP contribution in [0.1, 0.15) is 19.3 Å². The summed E-state index contributed by atoms with van der Waals surface area (Å²) < 4.78 is 11.2. The van der Waals surface area contributed by atoms with E-state index in [1.54, 1.807) is 0 Å². The monoisotopic (exact) mass is 226 g/mol. The molecule has 1 fully saturated rings. The van der Waals surface area contributed by atoms with E-state index in [9.17, 15) is 0 Å². The van der Waals surface area contributed by atoms with Crippen molar-refractivity contribution in [3.63, 3.8) is 0 Å². The van der Waals surface area contributed by atoms with Crippen molar-refractivity contribution in [1.29, 1.82) is 0 Å². The Morgan fingerprint density at radius 3 is 2.93 bits per heavy atom. The number of rotatable bonds is 3. The van der Waals surface area contributed by atoms with Gasteiger partial charge in [-0.25, -0.2) is 0 Å². The summed E-state index contributed by atoms with van der Waals surface area (Å²) >= 11 is 5.98. The van der Waals surface area contributed by atoms with E-state index in [-0.39, 0.29) is 6.10 Å². The zero-order chi connectivity index (χ0) is 10.5. The summed E-state index contributed by atoms with van der Waals surface area (Å²) in [5.74, 6) is 0.744. The van der Waals surface area contributed by atoms with E-state index in [1.165, 1.54) is 12.8 Å². The molecule has 1 aliphatic rings. The largest absolute Gasteiger partial charge is 0.489 e. The second-order valence-corrected chi connectivity index (χ2v) is 4.14. The highest BCUT2D eigenvalue weighted by molar-refractivity contribution is 6.32. The lowest BCUT2D eigenvalue weighted by Gasteiger charge is -2.22. The fourth-order valence-corrected chi connectivity index (χ4v) is 1.87. The lowest BCUT2D eigenvalue weighted by Crippen LogP contribution is -2.25. The Bertz CT molecular complexity index is 308. The second kappa shape index (κ2) is 5.38. The minimum absolute atomic E-state index is 0.232. The van der Waals surface area contributed by atoms with Crippen LogP contribution in [-0.4, -0.2) is 19.3 Å². The Labute approximate surface area is 95.1 Å². The maximum Gasteiger partial charge on any atom is 0.138 e. The Hall–Kier alpha value is -0.730. The summed E-state index contributed by atoms with van der Waals surface area (Å²) in [6.07, 6.45) is 3.72. The molecule has 1 unspecified atom stereocenters. The first-order valence-corrected chi connectivity index (χ1v) is 5.73. The molecular formula is C12H15ClO2. The van der Waals surface area contributed by atoms with Crippen LogP contribution in [0.15, 0.2) is 24.3 Å². The van der Waals surface area contributed by atoms with E-state index in [4.69, 9.17) is 21.1 Å². The van der Waals surface area contributed by atoms with Crippen LogP contribution in [0, 0.1) is 0 Å². The van der Waals surface area contributed by atoms with Gasteiger partial charge in [-0.05, 0) is 31.4 Å². The first-order chi connectivity index (χ1) is 7.36.